The highest BCUT2D eigenvalue weighted by Crippen LogP contribution is 2.33. The molecule has 2 nitrogen and oxygen atoms in total. The number of hydrogen-bond donors (Lipinski definition) is 1. The second-order valence-corrected chi connectivity index (χ2v) is 6.21. The van der Waals surface area contributed by atoms with Crippen LogP contribution < -0.4 is 10.6 Å². The Labute approximate surface area is 115 Å². The number of piperidine rings is 1. The van der Waals surface area contributed by atoms with Gasteiger partial charge in [-0.15, -0.1) is 0 Å². The first kappa shape index (κ1) is 14.3. The molecule has 2 N–H and O–H groups in total. The van der Waals surface area contributed by atoms with E-state index in [1.165, 1.54) is 6.42 Å². The van der Waals surface area contributed by atoms with Crippen LogP contribution in [0.5, 0.6) is 0 Å². The minimum Gasteiger partial charge on any atom is -0.366 e. The van der Waals surface area contributed by atoms with E-state index in [9.17, 15) is 4.39 Å². The van der Waals surface area contributed by atoms with Gasteiger partial charge in [-0.2, -0.15) is 0 Å². The monoisotopic (exact) mass is 264 g/mol. The van der Waals surface area contributed by atoms with E-state index in [0.29, 0.717) is 17.9 Å². The molecule has 1 aromatic carbocycles. The summed E-state index contributed by atoms with van der Waals surface area (Å²) in [4.78, 5) is 2.21. The Morgan fingerprint density at radius 3 is 2.58 bits per heavy atom. The van der Waals surface area contributed by atoms with Crippen molar-refractivity contribution in [1.29, 1.82) is 0 Å². The van der Waals surface area contributed by atoms with Gasteiger partial charge in [0.1, 0.15) is 5.82 Å². The second kappa shape index (κ2) is 5.49. The largest absolute Gasteiger partial charge is 0.366 e. The summed E-state index contributed by atoms with van der Waals surface area (Å²) >= 11 is 0. The summed E-state index contributed by atoms with van der Waals surface area (Å²) in [5.41, 5.74) is 7.37. The third kappa shape index (κ3) is 2.92. The molecule has 0 spiro atoms. The van der Waals surface area contributed by atoms with E-state index < -0.39 is 0 Å². The summed E-state index contributed by atoms with van der Waals surface area (Å²) in [5, 5.41) is 0. The molecule has 2 rings (SSSR count). The molecule has 3 heteroatoms. The Morgan fingerprint density at radius 2 is 2.00 bits per heavy atom. The fourth-order valence-corrected chi connectivity index (χ4v) is 3.07. The molecular weight excluding hydrogens is 239 g/mol. The summed E-state index contributed by atoms with van der Waals surface area (Å²) in [6.45, 7) is 9.49. The molecule has 0 saturated carbocycles. The van der Waals surface area contributed by atoms with Crippen LogP contribution in [0.3, 0.4) is 0 Å². The lowest BCUT2D eigenvalue weighted by Gasteiger charge is -2.42. The zero-order valence-corrected chi connectivity index (χ0v) is 12.4. The zero-order chi connectivity index (χ0) is 14.2. The molecule has 1 aliphatic heterocycles. The lowest BCUT2D eigenvalue weighted by molar-refractivity contribution is 0.295. The maximum Gasteiger partial charge on any atom is 0.146 e. The predicted octanol–water partition coefficient (Wildman–Crippen LogP) is 3.72. The van der Waals surface area contributed by atoms with Crippen LogP contribution in [0.1, 0.15) is 45.7 Å². The minimum absolute atomic E-state index is 0.125. The fourth-order valence-electron chi connectivity index (χ4n) is 3.07. The average Bonchev–Trinajstić information content (AvgIpc) is 2.33. The highest BCUT2D eigenvalue weighted by molar-refractivity contribution is 5.51. The average molecular weight is 264 g/mol. The third-order valence-corrected chi connectivity index (χ3v) is 4.40. The molecule has 1 aromatic rings. The Hall–Kier alpha value is -1.09. The molecule has 1 saturated heterocycles. The van der Waals surface area contributed by atoms with Gasteiger partial charge in [0.15, 0.2) is 0 Å². The normalized spacial score (nSPS) is 29.4. The molecule has 1 heterocycles. The standard InChI is InChI=1S/C16H25FN2/c1-10-7-11(2)13(4)19(9-10)16-6-5-14(12(3)18)8-15(16)17/h5-6,8,10-13H,7,9,18H2,1-4H3/t10?,11?,12-,13?/m0/s1. The number of nitrogens with two attached hydrogens (primary N) is 1. The molecule has 0 amide bonds. The minimum atomic E-state index is -0.150. The van der Waals surface area contributed by atoms with E-state index in [2.05, 4.69) is 25.7 Å². The zero-order valence-electron chi connectivity index (χ0n) is 12.4. The Bertz CT molecular complexity index is 444. The van der Waals surface area contributed by atoms with Gasteiger partial charge in [-0.1, -0.05) is 19.9 Å². The van der Waals surface area contributed by atoms with Crippen molar-refractivity contribution in [3.8, 4) is 0 Å². The maximum absolute atomic E-state index is 14.3. The van der Waals surface area contributed by atoms with Crippen molar-refractivity contribution in [3.05, 3.63) is 29.6 Å². The van der Waals surface area contributed by atoms with Crippen molar-refractivity contribution >= 4 is 5.69 Å². The van der Waals surface area contributed by atoms with E-state index in [-0.39, 0.29) is 11.9 Å². The molecule has 0 aromatic heterocycles. The summed E-state index contributed by atoms with van der Waals surface area (Å²) in [5.74, 6) is 1.05. The van der Waals surface area contributed by atoms with Gasteiger partial charge in [0.2, 0.25) is 0 Å². The number of hydrogen-bond acceptors (Lipinski definition) is 2. The molecule has 1 aliphatic rings. The molecule has 0 aliphatic carbocycles. The fraction of sp³-hybridized carbons (Fsp3) is 0.625. The smallest absolute Gasteiger partial charge is 0.146 e. The van der Waals surface area contributed by atoms with Crippen LogP contribution in [-0.4, -0.2) is 12.6 Å². The van der Waals surface area contributed by atoms with Crippen molar-refractivity contribution < 1.29 is 4.39 Å². The number of nitrogens with zero attached hydrogens (tertiary/aromatic N) is 1. The number of rotatable bonds is 2. The molecule has 19 heavy (non-hydrogen) atoms. The maximum atomic E-state index is 14.3. The van der Waals surface area contributed by atoms with Crippen molar-refractivity contribution in [3.63, 3.8) is 0 Å². The van der Waals surface area contributed by atoms with Crippen molar-refractivity contribution in [2.24, 2.45) is 17.6 Å². The molecule has 3 unspecified atom stereocenters. The van der Waals surface area contributed by atoms with Gasteiger partial charge in [0.25, 0.3) is 0 Å². The molecule has 0 radical (unpaired) electrons. The van der Waals surface area contributed by atoms with Crippen LogP contribution in [0.15, 0.2) is 18.2 Å². The van der Waals surface area contributed by atoms with E-state index in [0.717, 1.165) is 17.8 Å². The van der Waals surface area contributed by atoms with Gasteiger partial charge in [-0.25, -0.2) is 4.39 Å². The van der Waals surface area contributed by atoms with Crippen LogP contribution in [0, 0.1) is 17.7 Å². The predicted molar refractivity (Wildman–Crippen MR) is 78.8 cm³/mol. The van der Waals surface area contributed by atoms with Crippen molar-refractivity contribution in [2.45, 2.75) is 46.2 Å². The van der Waals surface area contributed by atoms with Gasteiger partial charge in [-0.3, -0.25) is 0 Å². The van der Waals surface area contributed by atoms with E-state index in [1.54, 1.807) is 6.07 Å². The summed E-state index contributed by atoms with van der Waals surface area (Å²) < 4.78 is 14.3. The van der Waals surface area contributed by atoms with Crippen LogP contribution in [-0.2, 0) is 0 Å². The van der Waals surface area contributed by atoms with E-state index in [1.807, 2.05) is 19.1 Å². The Morgan fingerprint density at radius 1 is 1.32 bits per heavy atom. The lowest BCUT2D eigenvalue weighted by Crippen LogP contribution is -2.46. The van der Waals surface area contributed by atoms with Gasteiger partial charge < -0.3 is 10.6 Å². The van der Waals surface area contributed by atoms with Crippen LogP contribution in [0.4, 0.5) is 10.1 Å². The highest BCUT2D eigenvalue weighted by atomic mass is 19.1. The summed E-state index contributed by atoms with van der Waals surface area (Å²) in [7, 11) is 0. The highest BCUT2D eigenvalue weighted by Gasteiger charge is 2.30. The molecular formula is C16H25FN2. The number of halogens is 1. The van der Waals surface area contributed by atoms with Gasteiger partial charge >= 0.3 is 0 Å². The first-order valence-corrected chi connectivity index (χ1v) is 7.21. The third-order valence-electron chi connectivity index (χ3n) is 4.40. The molecule has 4 atom stereocenters. The SMILES string of the molecule is CC1CC(C)C(C)N(c2ccc([C@H](C)N)cc2F)C1. The quantitative estimate of drug-likeness (QED) is 0.882. The van der Waals surface area contributed by atoms with E-state index >= 15 is 0 Å². The first-order chi connectivity index (χ1) is 8.90. The molecule has 0 bridgehead atoms. The van der Waals surface area contributed by atoms with E-state index in [4.69, 9.17) is 5.73 Å². The van der Waals surface area contributed by atoms with Crippen LogP contribution >= 0.6 is 0 Å². The lowest BCUT2D eigenvalue weighted by atomic mass is 9.85. The van der Waals surface area contributed by atoms with Crippen molar-refractivity contribution in [2.75, 3.05) is 11.4 Å². The summed E-state index contributed by atoms with van der Waals surface area (Å²) in [6.07, 6.45) is 1.22. The molecule has 106 valence electrons. The van der Waals surface area contributed by atoms with Crippen molar-refractivity contribution in [1.82, 2.24) is 0 Å². The topological polar surface area (TPSA) is 29.3 Å². The molecule has 1 fully saturated rings. The van der Waals surface area contributed by atoms with Gasteiger partial charge in [0, 0.05) is 18.6 Å². The van der Waals surface area contributed by atoms with Gasteiger partial charge in [0.05, 0.1) is 5.69 Å². The number of anilines is 1. The second-order valence-electron chi connectivity index (χ2n) is 6.21. The van der Waals surface area contributed by atoms with Crippen LogP contribution in [0.25, 0.3) is 0 Å². The number of benzene rings is 1. The Balaban J connectivity index is 2.30. The van der Waals surface area contributed by atoms with Gasteiger partial charge in [-0.05, 0) is 49.8 Å². The summed E-state index contributed by atoms with van der Waals surface area (Å²) in [6, 6.07) is 5.66. The van der Waals surface area contributed by atoms with Crippen LogP contribution in [0.2, 0.25) is 0 Å². The Kier molecular flexibility index (Phi) is 4.14. The first-order valence-electron chi connectivity index (χ1n) is 7.21.